The van der Waals surface area contributed by atoms with Gasteiger partial charge in [0.1, 0.15) is 11.9 Å². The molecule has 2 aromatic carbocycles. The molecule has 4 rings (SSSR count). The van der Waals surface area contributed by atoms with Crippen molar-refractivity contribution >= 4 is 16.8 Å². The van der Waals surface area contributed by atoms with E-state index in [0.717, 1.165) is 12.8 Å². The van der Waals surface area contributed by atoms with E-state index in [0.29, 0.717) is 39.2 Å². The Morgan fingerprint density at radius 1 is 1.22 bits per heavy atom. The van der Waals surface area contributed by atoms with Gasteiger partial charge in [-0.15, -0.1) is 0 Å². The quantitative estimate of drug-likeness (QED) is 0.724. The molecule has 1 heterocycles. The summed E-state index contributed by atoms with van der Waals surface area (Å²) in [6, 6.07) is 12.5. The second-order valence-electron chi connectivity index (χ2n) is 7.12. The summed E-state index contributed by atoms with van der Waals surface area (Å²) in [6.45, 7) is 0. The van der Waals surface area contributed by atoms with Crippen LogP contribution in [-0.4, -0.2) is 28.9 Å². The molecule has 5 heteroatoms. The first-order valence-electron chi connectivity index (χ1n) is 9.17. The van der Waals surface area contributed by atoms with Crippen molar-refractivity contribution in [2.24, 2.45) is 0 Å². The lowest BCUT2D eigenvalue weighted by atomic mass is 10.0. The van der Waals surface area contributed by atoms with Crippen molar-refractivity contribution in [1.29, 1.82) is 5.26 Å². The summed E-state index contributed by atoms with van der Waals surface area (Å²) < 4.78 is 14.5. The van der Waals surface area contributed by atoms with Crippen molar-refractivity contribution in [3.63, 3.8) is 0 Å². The Morgan fingerprint density at radius 3 is 2.59 bits per heavy atom. The van der Waals surface area contributed by atoms with Gasteiger partial charge in [0.2, 0.25) is 0 Å². The summed E-state index contributed by atoms with van der Waals surface area (Å²) in [6.07, 6.45) is 6.04. The Kier molecular flexibility index (Phi) is 4.41. The van der Waals surface area contributed by atoms with Gasteiger partial charge in [0, 0.05) is 41.3 Å². The van der Waals surface area contributed by atoms with Crippen molar-refractivity contribution in [3.05, 3.63) is 59.5 Å². The van der Waals surface area contributed by atoms with E-state index < -0.39 is 0 Å². The number of hydrogen-bond acceptors (Lipinski definition) is 2. The van der Waals surface area contributed by atoms with E-state index in [2.05, 4.69) is 11.1 Å². The molecule has 0 spiro atoms. The third-order valence-electron chi connectivity index (χ3n) is 5.53. The average molecular weight is 361 g/mol. The first kappa shape index (κ1) is 17.3. The fourth-order valence-corrected chi connectivity index (χ4v) is 3.91. The smallest absolute Gasteiger partial charge is 0.253 e. The number of halogens is 1. The van der Waals surface area contributed by atoms with Crippen LogP contribution in [0.1, 0.15) is 41.6 Å². The van der Waals surface area contributed by atoms with Gasteiger partial charge in [-0.1, -0.05) is 25.0 Å². The molecule has 4 nitrogen and oxygen atoms in total. The predicted molar refractivity (Wildman–Crippen MR) is 103 cm³/mol. The lowest BCUT2D eigenvalue weighted by molar-refractivity contribution is 0.0735. The predicted octanol–water partition coefficient (Wildman–Crippen LogP) is 4.86. The minimum atomic E-state index is -0.365. The van der Waals surface area contributed by atoms with Crippen LogP contribution in [0.15, 0.2) is 42.6 Å². The van der Waals surface area contributed by atoms with E-state index in [1.54, 1.807) is 36.5 Å². The van der Waals surface area contributed by atoms with Gasteiger partial charge in [0.25, 0.3) is 5.91 Å². The lowest BCUT2D eigenvalue weighted by Gasteiger charge is -2.24. The summed E-state index contributed by atoms with van der Waals surface area (Å²) in [5, 5.41) is 9.88. The van der Waals surface area contributed by atoms with E-state index in [4.69, 9.17) is 0 Å². The van der Waals surface area contributed by atoms with Gasteiger partial charge >= 0.3 is 0 Å². The van der Waals surface area contributed by atoms with E-state index in [9.17, 15) is 14.4 Å². The molecule has 0 unspecified atom stereocenters. The van der Waals surface area contributed by atoms with Gasteiger partial charge in [-0.2, -0.15) is 5.26 Å². The molecule has 1 saturated carbocycles. The van der Waals surface area contributed by atoms with Crippen LogP contribution in [0.3, 0.4) is 0 Å². The average Bonchev–Trinajstić information content (AvgIpc) is 3.36. The number of nitriles is 1. The van der Waals surface area contributed by atoms with Crippen molar-refractivity contribution in [1.82, 2.24) is 9.88 Å². The van der Waals surface area contributed by atoms with Crippen LogP contribution in [-0.2, 0) is 0 Å². The Balaban J connectivity index is 1.64. The maximum Gasteiger partial charge on any atom is 0.253 e. The second-order valence-corrected chi connectivity index (χ2v) is 7.12. The number of fused-ring (bicyclic) bond motifs is 1. The Bertz CT molecular complexity index is 1040. The highest BCUT2D eigenvalue weighted by Gasteiger charge is 2.24. The van der Waals surface area contributed by atoms with Gasteiger partial charge in [0.05, 0.1) is 5.56 Å². The summed E-state index contributed by atoms with van der Waals surface area (Å²) in [5.74, 6) is -0.363. The molecule has 0 saturated heterocycles. The minimum absolute atomic E-state index is 0.00164. The van der Waals surface area contributed by atoms with Gasteiger partial charge in [0.15, 0.2) is 0 Å². The standard InChI is InChI=1S/C22H20FN3O/c1-26(17-4-2-3-5-17)22(27)15-8-6-14(7-9-15)18-10-19-16(12-24)13-25-21(19)11-20(18)23/h6-11,13,17,25H,2-5H2,1H3. The molecular formula is C22H20FN3O. The van der Waals surface area contributed by atoms with Crippen molar-refractivity contribution in [3.8, 4) is 17.2 Å². The molecule has 1 aliphatic rings. The maximum atomic E-state index is 14.5. The Hall–Kier alpha value is -3.13. The zero-order valence-corrected chi connectivity index (χ0v) is 15.1. The van der Waals surface area contributed by atoms with Crippen LogP contribution < -0.4 is 0 Å². The van der Waals surface area contributed by atoms with Crippen LogP contribution in [0.25, 0.3) is 22.0 Å². The maximum absolute atomic E-state index is 14.5. The molecule has 0 atom stereocenters. The number of carbonyl (C=O) groups excluding carboxylic acids is 1. The normalized spacial score (nSPS) is 14.4. The SMILES string of the molecule is CN(C(=O)c1ccc(-c2cc3c(C#N)c[nH]c3cc2F)cc1)C1CCCC1. The van der Waals surface area contributed by atoms with E-state index >= 15 is 0 Å². The fourth-order valence-electron chi connectivity index (χ4n) is 3.91. The van der Waals surface area contributed by atoms with Crippen LogP contribution in [0.4, 0.5) is 4.39 Å². The van der Waals surface area contributed by atoms with Gasteiger partial charge in [-0.05, 0) is 42.7 Å². The van der Waals surface area contributed by atoms with Gasteiger partial charge in [-0.3, -0.25) is 4.79 Å². The van der Waals surface area contributed by atoms with E-state index in [-0.39, 0.29) is 11.7 Å². The van der Waals surface area contributed by atoms with Gasteiger partial charge < -0.3 is 9.88 Å². The largest absolute Gasteiger partial charge is 0.360 e. The molecular weight excluding hydrogens is 341 g/mol. The number of nitrogens with one attached hydrogen (secondary N) is 1. The summed E-state index contributed by atoms with van der Waals surface area (Å²) in [5.41, 5.74) is 2.78. The molecule has 0 bridgehead atoms. The molecule has 27 heavy (non-hydrogen) atoms. The highest BCUT2D eigenvalue weighted by Crippen LogP contribution is 2.30. The van der Waals surface area contributed by atoms with Crippen LogP contribution in [0.5, 0.6) is 0 Å². The third kappa shape index (κ3) is 3.08. The van der Waals surface area contributed by atoms with E-state index in [1.807, 2.05) is 11.9 Å². The molecule has 136 valence electrons. The van der Waals surface area contributed by atoms with Crippen LogP contribution in [0.2, 0.25) is 0 Å². The molecule has 1 amide bonds. The molecule has 1 aliphatic carbocycles. The van der Waals surface area contributed by atoms with Crippen molar-refractivity contribution in [2.75, 3.05) is 7.05 Å². The first-order valence-corrected chi connectivity index (χ1v) is 9.17. The highest BCUT2D eigenvalue weighted by molar-refractivity contribution is 5.95. The second kappa shape index (κ2) is 6.88. The molecule has 3 aromatic rings. The fraction of sp³-hybridized carbons (Fsp3) is 0.273. The van der Waals surface area contributed by atoms with Gasteiger partial charge in [-0.25, -0.2) is 4.39 Å². The molecule has 1 N–H and O–H groups in total. The van der Waals surface area contributed by atoms with Crippen molar-refractivity contribution < 1.29 is 9.18 Å². The lowest BCUT2D eigenvalue weighted by Crippen LogP contribution is -2.35. The number of benzene rings is 2. The Labute approximate surface area is 157 Å². The number of aromatic amines is 1. The number of nitrogens with zero attached hydrogens (tertiary/aromatic N) is 2. The highest BCUT2D eigenvalue weighted by atomic mass is 19.1. The molecule has 1 fully saturated rings. The zero-order chi connectivity index (χ0) is 19.0. The zero-order valence-electron chi connectivity index (χ0n) is 15.1. The number of H-pyrrole nitrogens is 1. The topological polar surface area (TPSA) is 59.9 Å². The third-order valence-corrected chi connectivity index (χ3v) is 5.53. The Morgan fingerprint density at radius 2 is 1.93 bits per heavy atom. The summed E-state index contributed by atoms with van der Waals surface area (Å²) in [7, 11) is 1.86. The molecule has 0 aliphatic heterocycles. The number of aromatic nitrogens is 1. The number of hydrogen-bond donors (Lipinski definition) is 1. The number of carbonyl (C=O) groups is 1. The number of amides is 1. The monoisotopic (exact) mass is 361 g/mol. The van der Waals surface area contributed by atoms with Crippen molar-refractivity contribution in [2.45, 2.75) is 31.7 Å². The summed E-state index contributed by atoms with van der Waals surface area (Å²) in [4.78, 5) is 17.4. The summed E-state index contributed by atoms with van der Waals surface area (Å²) >= 11 is 0. The number of rotatable bonds is 3. The first-order chi connectivity index (χ1) is 13.1. The van der Waals surface area contributed by atoms with Crippen LogP contribution in [0, 0.1) is 17.1 Å². The minimum Gasteiger partial charge on any atom is -0.360 e. The van der Waals surface area contributed by atoms with E-state index in [1.165, 1.54) is 18.9 Å². The van der Waals surface area contributed by atoms with Crippen LogP contribution >= 0.6 is 0 Å². The molecule has 0 radical (unpaired) electrons. The molecule has 1 aromatic heterocycles.